The third-order valence-electron chi connectivity index (χ3n) is 4.89. The summed E-state index contributed by atoms with van der Waals surface area (Å²) in [5, 5.41) is 7.26. The first-order valence-electron chi connectivity index (χ1n) is 12.1. The summed E-state index contributed by atoms with van der Waals surface area (Å²) in [4.78, 5) is 0. The zero-order valence-corrected chi connectivity index (χ0v) is 23.6. The Bertz CT molecular complexity index is 830. The van der Waals surface area contributed by atoms with Crippen LogP contribution in [0.25, 0.3) is 0 Å². The van der Waals surface area contributed by atoms with Gasteiger partial charge in [-0.3, -0.25) is 13.8 Å². The smallest absolute Gasteiger partial charge is 0.308 e. The summed E-state index contributed by atoms with van der Waals surface area (Å²) in [5.41, 5.74) is 3.19. The first kappa shape index (κ1) is 31.0. The molecule has 0 fully saturated rings. The molecule has 1 rings (SSSR count). The van der Waals surface area contributed by atoms with Crippen LogP contribution in [0.4, 0.5) is 0 Å². The molecule has 0 aliphatic heterocycles. The fraction of sp³-hybridized carbons (Fsp3) is 0.739. The van der Waals surface area contributed by atoms with Gasteiger partial charge in [-0.15, -0.1) is 5.10 Å². The molecule has 0 aliphatic rings. The van der Waals surface area contributed by atoms with Gasteiger partial charge >= 0.3 is 15.2 Å². The summed E-state index contributed by atoms with van der Waals surface area (Å²) in [7, 11) is -7.65. The molecular weight excluding hydrogens is 476 g/mol. The number of aromatic nitrogens is 3. The highest BCUT2D eigenvalue weighted by Crippen LogP contribution is 2.71. The van der Waals surface area contributed by atoms with E-state index >= 15 is 0 Å². The molecule has 196 valence electrons. The van der Waals surface area contributed by atoms with Gasteiger partial charge in [0.25, 0.3) is 0 Å². The van der Waals surface area contributed by atoms with Gasteiger partial charge in [-0.1, -0.05) is 28.5 Å². The predicted molar refractivity (Wildman–Crippen MR) is 136 cm³/mol. The second kappa shape index (κ2) is 15.8. The van der Waals surface area contributed by atoms with Crippen LogP contribution in [0.1, 0.15) is 73.4 Å². The van der Waals surface area contributed by atoms with Gasteiger partial charge in [0.05, 0.1) is 32.1 Å². The fourth-order valence-electron chi connectivity index (χ4n) is 3.40. The summed E-state index contributed by atoms with van der Waals surface area (Å²) >= 11 is 0. The van der Waals surface area contributed by atoms with Crippen molar-refractivity contribution in [2.45, 2.75) is 86.1 Å². The molecule has 1 aromatic heterocycles. The van der Waals surface area contributed by atoms with E-state index < -0.39 is 20.6 Å². The second-order valence-corrected chi connectivity index (χ2v) is 12.9. The van der Waals surface area contributed by atoms with E-state index in [9.17, 15) is 9.13 Å². The molecule has 1 aromatic rings. The minimum Gasteiger partial charge on any atom is -0.308 e. The lowest BCUT2D eigenvalue weighted by Crippen LogP contribution is -2.20. The average molecular weight is 520 g/mol. The van der Waals surface area contributed by atoms with E-state index in [-0.39, 0.29) is 32.8 Å². The Labute approximate surface area is 205 Å². The molecule has 34 heavy (non-hydrogen) atoms. The quantitative estimate of drug-likeness (QED) is 0.155. The highest BCUT2D eigenvalue weighted by atomic mass is 31.2. The van der Waals surface area contributed by atoms with Gasteiger partial charge in [-0.25, -0.2) is 0 Å². The first-order chi connectivity index (χ1) is 16.1. The van der Waals surface area contributed by atoms with Crippen molar-refractivity contribution in [2.24, 2.45) is 0 Å². The van der Waals surface area contributed by atoms with Crippen LogP contribution in [-0.4, -0.2) is 46.8 Å². The maximum Gasteiger partial charge on any atom is 0.346 e. The Hall–Kier alpha value is -1.08. The van der Waals surface area contributed by atoms with Crippen LogP contribution in [0.3, 0.4) is 0 Å². The fourth-order valence-corrected chi connectivity index (χ4v) is 8.68. The molecule has 11 heteroatoms. The van der Waals surface area contributed by atoms with Gasteiger partial charge < -0.3 is 18.1 Å². The van der Waals surface area contributed by atoms with Crippen molar-refractivity contribution in [3.63, 3.8) is 0 Å². The van der Waals surface area contributed by atoms with Crippen molar-refractivity contribution in [2.75, 3.05) is 26.4 Å². The van der Waals surface area contributed by atoms with E-state index in [1.165, 1.54) is 11.1 Å². The Morgan fingerprint density at radius 1 is 0.912 bits per heavy atom. The Morgan fingerprint density at radius 3 is 1.91 bits per heavy atom. The molecule has 0 radical (unpaired) electrons. The van der Waals surface area contributed by atoms with E-state index in [1.807, 2.05) is 0 Å². The average Bonchev–Trinajstić information content (AvgIpc) is 3.20. The van der Waals surface area contributed by atoms with Crippen LogP contribution >= 0.6 is 15.2 Å². The minimum atomic E-state index is -3.82. The van der Waals surface area contributed by atoms with E-state index in [0.29, 0.717) is 12.2 Å². The molecule has 0 spiro atoms. The SMILES string of the molecule is CCOP(=O)(OCC)C(Cc1cn(CC/C=C(/C)CCC=C(C)C)nn1)P(=O)(OCC)OCC. The molecule has 0 amide bonds. The highest BCUT2D eigenvalue weighted by molar-refractivity contribution is 7.72. The summed E-state index contributed by atoms with van der Waals surface area (Å²) < 4.78 is 51.1. The lowest BCUT2D eigenvalue weighted by atomic mass is 10.1. The molecule has 0 saturated carbocycles. The molecule has 1 heterocycles. The number of hydrogen-bond donors (Lipinski definition) is 0. The number of allylic oxidation sites excluding steroid dienone is 4. The van der Waals surface area contributed by atoms with Gasteiger partial charge in [0.2, 0.25) is 0 Å². The molecular formula is C23H43N3O6P2. The van der Waals surface area contributed by atoms with E-state index in [0.717, 1.165) is 19.3 Å². The number of nitrogens with zero attached hydrogens (tertiary/aromatic N) is 3. The third-order valence-corrected chi connectivity index (χ3v) is 10.9. The second-order valence-electron chi connectivity index (χ2n) is 8.07. The molecule has 0 aromatic carbocycles. The van der Waals surface area contributed by atoms with Crippen LogP contribution in [0.15, 0.2) is 29.5 Å². The van der Waals surface area contributed by atoms with Crippen molar-refractivity contribution in [3.8, 4) is 0 Å². The summed E-state index contributed by atoms with van der Waals surface area (Å²) in [5.74, 6) is 0. The monoisotopic (exact) mass is 519 g/mol. The van der Waals surface area contributed by atoms with Crippen molar-refractivity contribution >= 4 is 15.2 Å². The zero-order valence-electron chi connectivity index (χ0n) is 21.9. The van der Waals surface area contributed by atoms with Crippen molar-refractivity contribution in [1.29, 1.82) is 0 Å². The number of aryl methyl sites for hydroxylation is 1. The highest BCUT2D eigenvalue weighted by Gasteiger charge is 2.51. The predicted octanol–water partition coefficient (Wildman–Crippen LogP) is 6.76. The molecule has 0 aliphatic carbocycles. The summed E-state index contributed by atoms with van der Waals surface area (Å²) in [6.07, 6.45) is 9.14. The minimum absolute atomic E-state index is 0.0339. The number of rotatable bonds is 18. The summed E-state index contributed by atoms with van der Waals surface area (Å²) in [6.45, 7) is 14.4. The van der Waals surface area contributed by atoms with Crippen molar-refractivity contribution in [3.05, 3.63) is 35.2 Å². The van der Waals surface area contributed by atoms with Gasteiger partial charge in [-0.2, -0.15) is 0 Å². The van der Waals surface area contributed by atoms with E-state index in [1.54, 1.807) is 38.6 Å². The topological polar surface area (TPSA) is 102 Å². The largest absolute Gasteiger partial charge is 0.346 e. The van der Waals surface area contributed by atoms with Crippen LogP contribution in [0.2, 0.25) is 0 Å². The molecule has 0 unspecified atom stereocenters. The van der Waals surface area contributed by atoms with Crippen LogP contribution in [0, 0.1) is 0 Å². The van der Waals surface area contributed by atoms with E-state index in [2.05, 4.69) is 43.2 Å². The van der Waals surface area contributed by atoms with Gasteiger partial charge in [0.1, 0.15) is 0 Å². The van der Waals surface area contributed by atoms with Gasteiger partial charge in [-0.05, 0) is 67.7 Å². The first-order valence-corrected chi connectivity index (χ1v) is 15.3. The van der Waals surface area contributed by atoms with Crippen molar-refractivity contribution < 1.29 is 27.2 Å². The number of hydrogen-bond acceptors (Lipinski definition) is 8. The molecule has 0 bridgehead atoms. The standard InChI is InChI=1S/C23H43N3O6P2/c1-8-29-33(27,30-9-2)23(34(28,31-10-3)32-11-4)18-22-19-26(25-24-22)17-13-16-21(7)15-12-14-20(5)6/h14,16,19,23H,8-13,15,17-18H2,1-7H3/b21-16-. The van der Waals surface area contributed by atoms with Crippen molar-refractivity contribution in [1.82, 2.24) is 15.0 Å². The molecule has 0 saturated heterocycles. The normalized spacial score (nSPS) is 13.0. The Morgan fingerprint density at radius 2 is 1.44 bits per heavy atom. The molecule has 0 atom stereocenters. The maximum absolute atomic E-state index is 13.7. The van der Waals surface area contributed by atoms with Crippen LogP contribution in [0.5, 0.6) is 0 Å². The molecule has 9 nitrogen and oxygen atoms in total. The summed E-state index contributed by atoms with van der Waals surface area (Å²) in [6, 6.07) is 0. The van der Waals surface area contributed by atoms with Gasteiger partial charge in [0, 0.05) is 19.2 Å². The third kappa shape index (κ3) is 10.3. The van der Waals surface area contributed by atoms with E-state index in [4.69, 9.17) is 18.1 Å². The Kier molecular flexibility index (Phi) is 14.4. The lowest BCUT2D eigenvalue weighted by molar-refractivity contribution is 0.195. The van der Waals surface area contributed by atoms with Crippen LogP contribution in [-0.2, 0) is 40.2 Å². The zero-order chi connectivity index (χ0) is 25.6. The molecule has 0 N–H and O–H groups in total. The van der Waals surface area contributed by atoms with Crippen LogP contribution < -0.4 is 0 Å². The lowest BCUT2D eigenvalue weighted by Gasteiger charge is -2.30. The van der Waals surface area contributed by atoms with Gasteiger partial charge in [0.15, 0.2) is 5.40 Å². The maximum atomic E-state index is 13.7. The Balaban J connectivity index is 3.02.